The van der Waals surface area contributed by atoms with Gasteiger partial charge in [-0.2, -0.15) is 0 Å². The fourth-order valence-corrected chi connectivity index (χ4v) is 5.07. The molecular formula is C32H51BO. The molecule has 0 aromatic heterocycles. The second-order valence-electron chi connectivity index (χ2n) is 9.80. The molecule has 1 unspecified atom stereocenters. The maximum atomic E-state index is 6.00. The Morgan fingerprint density at radius 3 is 2.12 bits per heavy atom. The van der Waals surface area contributed by atoms with Crippen molar-refractivity contribution in [2.75, 3.05) is 6.61 Å². The maximum absolute atomic E-state index is 6.00. The number of benzene rings is 2. The van der Waals surface area contributed by atoms with Gasteiger partial charge in [-0.3, -0.25) is 0 Å². The molecule has 0 heterocycles. The zero-order chi connectivity index (χ0) is 25.6. The molecule has 2 aromatic rings. The summed E-state index contributed by atoms with van der Waals surface area (Å²) in [7, 11) is 5.94. The molecule has 3 rings (SSSR count). The van der Waals surface area contributed by atoms with Gasteiger partial charge in [0.2, 0.25) is 0 Å². The molecule has 0 saturated carbocycles. The fraction of sp³-hybridized carbons (Fsp3) is 0.625. The molecule has 2 heteroatoms. The van der Waals surface area contributed by atoms with Gasteiger partial charge >= 0.3 is 0 Å². The van der Waals surface area contributed by atoms with E-state index in [0.29, 0.717) is 0 Å². The van der Waals surface area contributed by atoms with Crippen molar-refractivity contribution in [3.63, 3.8) is 0 Å². The van der Waals surface area contributed by atoms with Crippen LogP contribution < -0.4 is 4.74 Å². The van der Waals surface area contributed by atoms with Gasteiger partial charge in [-0.05, 0) is 72.4 Å². The van der Waals surface area contributed by atoms with Crippen molar-refractivity contribution in [2.45, 2.75) is 124 Å². The van der Waals surface area contributed by atoms with E-state index < -0.39 is 0 Å². The second-order valence-corrected chi connectivity index (χ2v) is 9.80. The number of ether oxygens (including phenoxy) is 1. The average Bonchev–Trinajstić information content (AvgIpc) is 3.25. The summed E-state index contributed by atoms with van der Waals surface area (Å²) in [5.41, 5.74) is 7.16. The van der Waals surface area contributed by atoms with Crippen LogP contribution in [0.25, 0.3) is 11.1 Å². The molecular weight excluding hydrogens is 411 g/mol. The number of hydrogen-bond acceptors (Lipinski definition) is 1. The van der Waals surface area contributed by atoms with Crippen LogP contribution in [0.2, 0.25) is 5.31 Å². The lowest BCUT2D eigenvalue weighted by atomic mass is 9.65. The maximum Gasteiger partial charge on any atom is 0.122 e. The molecule has 0 amide bonds. The van der Waals surface area contributed by atoms with E-state index in [4.69, 9.17) is 12.6 Å². The molecule has 0 bridgehead atoms. The largest absolute Gasteiger partial charge is 0.493 e. The molecule has 0 saturated heterocycles. The van der Waals surface area contributed by atoms with Crippen molar-refractivity contribution in [1.82, 2.24) is 0 Å². The summed E-state index contributed by atoms with van der Waals surface area (Å²) >= 11 is 0. The standard InChI is InChI=1S/C22H28O.C8H17B.C2H6/c1-4-6-15-23-22-12-8-9-18(16(22)3)20-11-7-10-19-17(5-2)13-14-21(19)20;1-4-6-8(3,9)7-5-2;1-2/h7-12,17H,4-6,13-15H2,1-3H3;4-7H2,1-3H3;1-2H3. The quantitative estimate of drug-likeness (QED) is 0.252. The third-order valence-corrected chi connectivity index (χ3v) is 6.86. The number of hydrogen-bond donors (Lipinski definition) is 0. The second kappa shape index (κ2) is 16.1. The highest BCUT2D eigenvalue weighted by molar-refractivity contribution is 6.14. The lowest BCUT2D eigenvalue weighted by molar-refractivity contribution is 0.307. The first-order chi connectivity index (χ1) is 16.4. The van der Waals surface area contributed by atoms with E-state index in [1.54, 1.807) is 11.1 Å². The number of rotatable bonds is 10. The number of unbranched alkanes of at least 4 members (excludes halogenated alkanes) is 1. The van der Waals surface area contributed by atoms with E-state index in [9.17, 15) is 0 Å². The summed E-state index contributed by atoms with van der Waals surface area (Å²) in [4.78, 5) is 0. The van der Waals surface area contributed by atoms with Crippen LogP contribution in [0.1, 0.15) is 122 Å². The molecule has 1 aliphatic carbocycles. The molecule has 0 spiro atoms. The van der Waals surface area contributed by atoms with Gasteiger partial charge in [-0.15, -0.1) is 0 Å². The summed E-state index contributed by atoms with van der Waals surface area (Å²) in [5.74, 6) is 1.79. The normalized spacial score (nSPS) is 14.4. The highest BCUT2D eigenvalue weighted by atomic mass is 16.5. The molecule has 34 heavy (non-hydrogen) atoms. The van der Waals surface area contributed by atoms with E-state index in [1.807, 2.05) is 13.8 Å². The van der Waals surface area contributed by atoms with Gasteiger partial charge in [0, 0.05) is 0 Å². The SMILES string of the molecule is CC.CCCCOc1cccc(-c2cccc3c2CCC3CC)c1C.[B]C(C)(CCC)CCC. The van der Waals surface area contributed by atoms with Gasteiger partial charge in [0.15, 0.2) is 0 Å². The fourth-order valence-electron chi connectivity index (χ4n) is 5.07. The van der Waals surface area contributed by atoms with Crippen LogP contribution in [0, 0.1) is 6.92 Å². The van der Waals surface area contributed by atoms with Crippen molar-refractivity contribution >= 4 is 7.85 Å². The summed E-state index contributed by atoms with van der Waals surface area (Å²) in [6.45, 7) is 18.0. The Bertz CT molecular complexity index is 816. The van der Waals surface area contributed by atoms with Gasteiger partial charge in [0.1, 0.15) is 5.75 Å². The lowest BCUT2D eigenvalue weighted by Gasteiger charge is -2.23. The first-order valence-electron chi connectivity index (χ1n) is 14.0. The van der Waals surface area contributed by atoms with Crippen molar-refractivity contribution in [3.8, 4) is 16.9 Å². The van der Waals surface area contributed by atoms with Crippen LogP contribution >= 0.6 is 0 Å². The lowest BCUT2D eigenvalue weighted by Crippen LogP contribution is -2.06. The van der Waals surface area contributed by atoms with Crippen molar-refractivity contribution in [2.24, 2.45) is 0 Å². The van der Waals surface area contributed by atoms with E-state index >= 15 is 0 Å². The molecule has 2 radical (unpaired) electrons. The topological polar surface area (TPSA) is 9.23 Å². The molecule has 2 aromatic carbocycles. The molecule has 1 aliphatic rings. The van der Waals surface area contributed by atoms with Gasteiger partial charge in [-0.1, -0.05) is 116 Å². The van der Waals surface area contributed by atoms with Gasteiger partial charge < -0.3 is 4.74 Å². The Morgan fingerprint density at radius 2 is 1.53 bits per heavy atom. The zero-order valence-electron chi connectivity index (χ0n) is 23.6. The predicted molar refractivity (Wildman–Crippen MR) is 154 cm³/mol. The molecule has 0 aliphatic heterocycles. The summed E-state index contributed by atoms with van der Waals surface area (Å²) in [6, 6.07) is 13.3. The van der Waals surface area contributed by atoms with Crippen LogP contribution in [0.4, 0.5) is 0 Å². The minimum Gasteiger partial charge on any atom is -0.493 e. The molecule has 1 nitrogen and oxygen atoms in total. The van der Waals surface area contributed by atoms with E-state index in [0.717, 1.165) is 37.5 Å². The highest BCUT2D eigenvalue weighted by Crippen LogP contribution is 2.42. The van der Waals surface area contributed by atoms with Crippen LogP contribution in [-0.4, -0.2) is 14.5 Å². The summed E-state index contributed by atoms with van der Waals surface area (Å²) < 4.78 is 6.00. The van der Waals surface area contributed by atoms with E-state index in [1.165, 1.54) is 55.2 Å². The van der Waals surface area contributed by atoms with Gasteiger partial charge in [0.05, 0.1) is 14.5 Å². The van der Waals surface area contributed by atoms with E-state index in [-0.39, 0.29) is 5.31 Å². The Balaban J connectivity index is 0.000000446. The van der Waals surface area contributed by atoms with Crippen LogP contribution in [0.5, 0.6) is 5.75 Å². The number of fused-ring (bicyclic) bond motifs is 1. The monoisotopic (exact) mass is 462 g/mol. The van der Waals surface area contributed by atoms with Gasteiger partial charge in [-0.25, -0.2) is 0 Å². The molecule has 1 atom stereocenters. The van der Waals surface area contributed by atoms with Crippen LogP contribution in [0.3, 0.4) is 0 Å². The third-order valence-electron chi connectivity index (χ3n) is 6.86. The van der Waals surface area contributed by atoms with Crippen molar-refractivity contribution in [1.29, 1.82) is 0 Å². The first-order valence-corrected chi connectivity index (χ1v) is 14.0. The summed E-state index contributed by atoms with van der Waals surface area (Å²) in [6.07, 6.45) is 10.8. The Morgan fingerprint density at radius 1 is 0.912 bits per heavy atom. The minimum absolute atomic E-state index is 0.101. The van der Waals surface area contributed by atoms with Crippen molar-refractivity contribution < 1.29 is 4.74 Å². The zero-order valence-corrected chi connectivity index (χ0v) is 23.6. The molecule has 0 fully saturated rings. The van der Waals surface area contributed by atoms with Crippen molar-refractivity contribution in [3.05, 3.63) is 53.1 Å². The molecule has 188 valence electrons. The Kier molecular flexibility index (Phi) is 14.3. The average molecular weight is 463 g/mol. The first kappa shape index (κ1) is 30.3. The predicted octanol–water partition coefficient (Wildman–Crippen LogP) is 10.2. The minimum atomic E-state index is 0.101. The van der Waals surface area contributed by atoms with Crippen LogP contribution in [-0.2, 0) is 6.42 Å². The van der Waals surface area contributed by atoms with Crippen LogP contribution in [0.15, 0.2) is 36.4 Å². The van der Waals surface area contributed by atoms with E-state index in [2.05, 4.69) is 77.9 Å². The summed E-state index contributed by atoms with van der Waals surface area (Å²) in [5, 5.41) is 0.101. The Hall–Kier alpha value is -1.70. The van der Waals surface area contributed by atoms with Gasteiger partial charge in [0.25, 0.3) is 0 Å². The molecule has 0 N–H and O–H groups in total. The Labute approximate surface area is 213 Å². The highest BCUT2D eigenvalue weighted by Gasteiger charge is 2.24. The third kappa shape index (κ3) is 8.83. The smallest absolute Gasteiger partial charge is 0.122 e.